The molecule has 1 fully saturated rings. The number of rotatable bonds is 7. The van der Waals surface area contributed by atoms with E-state index in [0.29, 0.717) is 6.07 Å². The Bertz CT molecular complexity index is 1310. The first-order valence-electron chi connectivity index (χ1n) is 11.3. The number of hydrogen-bond acceptors (Lipinski definition) is 6. The van der Waals surface area contributed by atoms with Crippen LogP contribution in [0.15, 0.2) is 54.9 Å². The Morgan fingerprint density at radius 3 is 2.62 bits per heavy atom. The van der Waals surface area contributed by atoms with Gasteiger partial charge in [0.05, 0.1) is 18.2 Å². The maximum atomic E-state index is 14.8. The van der Waals surface area contributed by atoms with E-state index >= 15 is 0 Å². The zero-order valence-electron chi connectivity index (χ0n) is 19.6. The third-order valence-corrected chi connectivity index (χ3v) is 6.13. The standard InChI is InChI=1S/C25H23F4N5O3/c1-14(34-9-7-25(28,29)18(13-34)15-6-8-31-20(10-15)23(30)35)24(36)33-22-5-3-17(12-32-22)37-21-4-2-16(26)11-19(21)27/h2-6,8,10-12,14,18H,7,9,13H2,1H3,(H2,30,35)(H,32,33,36)/t14-,18?/m0/s1. The van der Waals surface area contributed by atoms with Crippen LogP contribution in [0.3, 0.4) is 0 Å². The maximum Gasteiger partial charge on any atom is 0.267 e. The van der Waals surface area contributed by atoms with Gasteiger partial charge in [-0.2, -0.15) is 0 Å². The van der Waals surface area contributed by atoms with Gasteiger partial charge in [0.1, 0.15) is 23.1 Å². The van der Waals surface area contributed by atoms with Crippen LogP contribution in [0, 0.1) is 11.6 Å². The van der Waals surface area contributed by atoms with E-state index in [1.807, 2.05) is 0 Å². The lowest BCUT2D eigenvalue weighted by atomic mass is 9.86. The molecule has 2 aromatic heterocycles. The first-order valence-corrected chi connectivity index (χ1v) is 11.3. The van der Waals surface area contributed by atoms with Gasteiger partial charge < -0.3 is 15.8 Å². The van der Waals surface area contributed by atoms with E-state index in [2.05, 4.69) is 15.3 Å². The summed E-state index contributed by atoms with van der Waals surface area (Å²) in [5.41, 5.74) is 5.33. The zero-order chi connectivity index (χ0) is 26.7. The summed E-state index contributed by atoms with van der Waals surface area (Å²) in [6.07, 6.45) is 2.03. The quantitative estimate of drug-likeness (QED) is 0.457. The molecule has 3 heterocycles. The van der Waals surface area contributed by atoms with Gasteiger partial charge in [-0.25, -0.2) is 22.5 Å². The minimum absolute atomic E-state index is 0.0186. The van der Waals surface area contributed by atoms with Gasteiger partial charge >= 0.3 is 0 Å². The molecule has 1 saturated heterocycles. The molecule has 0 radical (unpaired) electrons. The van der Waals surface area contributed by atoms with Crippen molar-refractivity contribution in [2.45, 2.75) is 31.2 Å². The molecule has 1 aliphatic heterocycles. The number of anilines is 1. The Morgan fingerprint density at radius 1 is 1.16 bits per heavy atom. The van der Waals surface area contributed by atoms with E-state index in [4.69, 9.17) is 10.5 Å². The van der Waals surface area contributed by atoms with Crippen LogP contribution in [0.1, 0.15) is 35.3 Å². The molecule has 1 aromatic carbocycles. The number of carbonyl (C=O) groups excluding carboxylic acids is 2. The highest BCUT2D eigenvalue weighted by molar-refractivity contribution is 5.93. The number of amides is 2. The number of aromatic nitrogens is 2. The predicted octanol–water partition coefficient (Wildman–Crippen LogP) is 4.10. The van der Waals surface area contributed by atoms with Crippen LogP contribution >= 0.6 is 0 Å². The zero-order valence-corrected chi connectivity index (χ0v) is 19.6. The molecule has 1 aliphatic rings. The average Bonchev–Trinajstić information content (AvgIpc) is 2.86. The Hall–Kier alpha value is -4.06. The highest BCUT2D eigenvalue weighted by atomic mass is 19.3. The number of benzene rings is 1. The number of carbonyl (C=O) groups is 2. The summed E-state index contributed by atoms with van der Waals surface area (Å²) in [6, 6.07) is 7.62. The second kappa shape index (κ2) is 10.5. The molecule has 0 bridgehead atoms. The first-order chi connectivity index (χ1) is 17.5. The molecular formula is C25H23F4N5O3. The van der Waals surface area contributed by atoms with Crippen molar-refractivity contribution >= 4 is 17.6 Å². The first kappa shape index (κ1) is 26.0. The third-order valence-electron chi connectivity index (χ3n) is 6.13. The molecule has 0 spiro atoms. The molecule has 0 saturated carbocycles. The number of pyridine rings is 2. The number of ether oxygens (including phenoxy) is 1. The lowest BCUT2D eigenvalue weighted by Gasteiger charge is -2.40. The molecule has 37 heavy (non-hydrogen) atoms. The van der Waals surface area contributed by atoms with E-state index in [-0.39, 0.29) is 41.7 Å². The molecule has 3 N–H and O–H groups in total. The third kappa shape index (κ3) is 6.02. The second-order valence-electron chi connectivity index (χ2n) is 8.62. The Kier molecular flexibility index (Phi) is 7.39. The monoisotopic (exact) mass is 517 g/mol. The van der Waals surface area contributed by atoms with Crippen molar-refractivity contribution in [3.63, 3.8) is 0 Å². The van der Waals surface area contributed by atoms with Gasteiger partial charge in [0.25, 0.3) is 11.8 Å². The number of alkyl halides is 2. The van der Waals surface area contributed by atoms with Crippen LogP contribution < -0.4 is 15.8 Å². The lowest BCUT2D eigenvalue weighted by Crippen LogP contribution is -2.52. The molecule has 4 rings (SSSR count). The number of nitrogens with one attached hydrogen (secondary N) is 1. The smallest absolute Gasteiger partial charge is 0.267 e. The van der Waals surface area contributed by atoms with Gasteiger partial charge in [-0.3, -0.25) is 19.5 Å². The average molecular weight is 517 g/mol. The van der Waals surface area contributed by atoms with E-state index in [1.54, 1.807) is 11.8 Å². The number of nitrogens with two attached hydrogens (primary N) is 1. The van der Waals surface area contributed by atoms with Gasteiger partial charge in [-0.05, 0) is 48.9 Å². The summed E-state index contributed by atoms with van der Waals surface area (Å²) in [5.74, 6) is -7.09. The topological polar surface area (TPSA) is 110 Å². The summed E-state index contributed by atoms with van der Waals surface area (Å²) in [4.78, 5) is 33.8. The van der Waals surface area contributed by atoms with Gasteiger partial charge in [-0.1, -0.05) is 0 Å². The van der Waals surface area contributed by atoms with Crippen LogP contribution in [0.2, 0.25) is 0 Å². The number of nitrogens with zero attached hydrogens (tertiary/aromatic N) is 3. The predicted molar refractivity (Wildman–Crippen MR) is 125 cm³/mol. The van der Waals surface area contributed by atoms with Crippen molar-refractivity contribution in [3.8, 4) is 11.5 Å². The summed E-state index contributed by atoms with van der Waals surface area (Å²) in [7, 11) is 0. The van der Waals surface area contributed by atoms with Crippen molar-refractivity contribution in [1.82, 2.24) is 14.9 Å². The fourth-order valence-electron chi connectivity index (χ4n) is 4.02. The van der Waals surface area contributed by atoms with Crippen molar-refractivity contribution in [2.24, 2.45) is 5.73 Å². The molecule has 12 heteroatoms. The fourth-order valence-corrected chi connectivity index (χ4v) is 4.02. The Balaban J connectivity index is 1.41. The molecule has 194 valence electrons. The minimum atomic E-state index is -3.05. The number of hydrogen-bond donors (Lipinski definition) is 2. The number of likely N-dealkylation sites (tertiary alicyclic amines) is 1. The van der Waals surface area contributed by atoms with Crippen molar-refractivity contribution in [2.75, 3.05) is 18.4 Å². The van der Waals surface area contributed by atoms with E-state index < -0.39 is 47.8 Å². The molecule has 3 aromatic rings. The Morgan fingerprint density at radius 2 is 1.95 bits per heavy atom. The summed E-state index contributed by atoms with van der Waals surface area (Å²) < 4.78 is 61.7. The molecule has 8 nitrogen and oxygen atoms in total. The number of halogens is 4. The van der Waals surface area contributed by atoms with Crippen molar-refractivity contribution < 1.29 is 31.9 Å². The van der Waals surface area contributed by atoms with Gasteiger partial charge in [-0.15, -0.1) is 0 Å². The van der Waals surface area contributed by atoms with E-state index in [1.165, 1.54) is 36.7 Å². The van der Waals surface area contributed by atoms with Crippen LogP contribution in [0.25, 0.3) is 0 Å². The van der Waals surface area contributed by atoms with Crippen molar-refractivity contribution in [1.29, 1.82) is 0 Å². The van der Waals surface area contributed by atoms with Gasteiger partial charge in [0.15, 0.2) is 11.6 Å². The molecule has 2 atom stereocenters. The highest BCUT2D eigenvalue weighted by Gasteiger charge is 2.46. The molecule has 1 unspecified atom stereocenters. The fraction of sp³-hybridized carbons (Fsp3) is 0.280. The van der Waals surface area contributed by atoms with Crippen LogP contribution in [-0.2, 0) is 4.79 Å². The van der Waals surface area contributed by atoms with Crippen LogP contribution in [0.5, 0.6) is 11.5 Å². The summed E-state index contributed by atoms with van der Waals surface area (Å²) in [6.45, 7) is 1.44. The molecular weight excluding hydrogens is 494 g/mol. The Labute approximate surface area is 209 Å². The minimum Gasteiger partial charge on any atom is -0.453 e. The highest BCUT2D eigenvalue weighted by Crippen LogP contribution is 2.41. The molecule has 2 amide bonds. The largest absolute Gasteiger partial charge is 0.453 e. The van der Waals surface area contributed by atoms with Gasteiger partial charge in [0.2, 0.25) is 5.91 Å². The van der Waals surface area contributed by atoms with Crippen LogP contribution in [-0.4, -0.2) is 51.7 Å². The molecule has 0 aliphatic carbocycles. The SMILES string of the molecule is C[C@@H](C(=O)Nc1ccc(Oc2ccc(F)cc2F)cn1)N1CCC(F)(F)C(c2ccnc(C(N)=O)c2)C1. The number of primary amides is 1. The summed E-state index contributed by atoms with van der Waals surface area (Å²) >= 11 is 0. The van der Waals surface area contributed by atoms with Crippen LogP contribution in [0.4, 0.5) is 23.4 Å². The van der Waals surface area contributed by atoms with E-state index in [9.17, 15) is 27.2 Å². The number of piperidine rings is 1. The second-order valence-corrected chi connectivity index (χ2v) is 8.62. The summed E-state index contributed by atoms with van der Waals surface area (Å²) in [5, 5.41) is 2.62. The normalized spacial score (nSPS) is 18.1. The van der Waals surface area contributed by atoms with E-state index in [0.717, 1.165) is 12.1 Å². The van der Waals surface area contributed by atoms with Crippen molar-refractivity contribution in [3.05, 3.63) is 77.8 Å². The van der Waals surface area contributed by atoms with Gasteiger partial charge in [0, 0.05) is 31.8 Å². The lowest BCUT2D eigenvalue weighted by molar-refractivity contribution is -0.125. The maximum absolute atomic E-state index is 14.8.